The van der Waals surface area contributed by atoms with Gasteiger partial charge in [0.25, 0.3) is 0 Å². The van der Waals surface area contributed by atoms with Crippen molar-refractivity contribution in [2.24, 2.45) is 52.3 Å². The van der Waals surface area contributed by atoms with Crippen LogP contribution < -0.4 is 0 Å². The summed E-state index contributed by atoms with van der Waals surface area (Å²) in [6.07, 6.45) is 6.55. The van der Waals surface area contributed by atoms with E-state index in [-0.39, 0.29) is 29.0 Å². The summed E-state index contributed by atoms with van der Waals surface area (Å²) in [7, 11) is 0. The molecule has 5 N–H and O–H groups in total. The molecule has 8 heteroatoms. The third-order valence-electron chi connectivity index (χ3n) is 13.1. The molecule has 234 valence electrons. The van der Waals surface area contributed by atoms with Gasteiger partial charge >= 0.3 is 0 Å². The molecule has 0 aromatic rings. The van der Waals surface area contributed by atoms with Crippen LogP contribution in [-0.2, 0) is 14.2 Å². The zero-order chi connectivity index (χ0) is 29.5. The summed E-state index contributed by atoms with van der Waals surface area (Å²) in [5, 5.41) is 51.9. The third-order valence-corrected chi connectivity index (χ3v) is 13.1. The van der Waals surface area contributed by atoms with Crippen LogP contribution in [0, 0.1) is 52.3 Å². The SMILES string of the molecule is CC(C)C=CC1(O)OC2CC3C4CCC5CC(OC6OC(CO)C(O)C(O)C6O)CCC5(C)C4CCC3(C)C2C1C. The van der Waals surface area contributed by atoms with Crippen molar-refractivity contribution in [1.82, 2.24) is 0 Å². The first-order valence-electron chi connectivity index (χ1n) is 16.4. The Labute approximate surface area is 245 Å². The third kappa shape index (κ3) is 4.78. The van der Waals surface area contributed by atoms with Crippen molar-refractivity contribution in [3.8, 4) is 0 Å². The molecule has 4 aliphatic carbocycles. The second-order valence-corrected chi connectivity index (χ2v) is 15.5. The molecule has 0 aromatic heterocycles. The lowest BCUT2D eigenvalue weighted by Gasteiger charge is -2.61. The Morgan fingerprint density at radius 3 is 2.37 bits per heavy atom. The summed E-state index contributed by atoms with van der Waals surface area (Å²) in [6.45, 7) is 11.0. The second-order valence-electron chi connectivity index (χ2n) is 15.5. The highest BCUT2D eigenvalue weighted by molar-refractivity contribution is 5.17. The topological polar surface area (TPSA) is 129 Å². The molecule has 0 spiro atoms. The highest BCUT2D eigenvalue weighted by Crippen LogP contribution is 2.70. The van der Waals surface area contributed by atoms with Crippen molar-refractivity contribution in [3.63, 3.8) is 0 Å². The maximum atomic E-state index is 11.5. The Hall–Kier alpha value is -0.580. The van der Waals surface area contributed by atoms with Crippen LogP contribution in [0.5, 0.6) is 0 Å². The van der Waals surface area contributed by atoms with Crippen LogP contribution in [0.25, 0.3) is 0 Å². The van der Waals surface area contributed by atoms with Crippen molar-refractivity contribution in [2.45, 2.75) is 135 Å². The van der Waals surface area contributed by atoms with E-state index in [9.17, 15) is 25.5 Å². The summed E-state index contributed by atoms with van der Waals surface area (Å²) in [4.78, 5) is 0. The van der Waals surface area contributed by atoms with Crippen molar-refractivity contribution < 1.29 is 39.7 Å². The van der Waals surface area contributed by atoms with Gasteiger partial charge in [0.1, 0.15) is 24.4 Å². The Morgan fingerprint density at radius 2 is 1.66 bits per heavy atom. The second kappa shape index (κ2) is 10.8. The van der Waals surface area contributed by atoms with Gasteiger partial charge < -0.3 is 39.7 Å². The summed E-state index contributed by atoms with van der Waals surface area (Å²) in [6, 6.07) is 0. The normalized spacial score (nSPS) is 56.9. The molecule has 0 amide bonds. The van der Waals surface area contributed by atoms with Crippen LogP contribution in [0.2, 0.25) is 0 Å². The molecule has 6 aliphatic rings. The van der Waals surface area contributed by atoms with Crippen LogP contribution in [0.3, 0.4) is 0 Å². The molecule has 16 atom stereocenters. The van der Waals surface area contributed by atoms with Crippen molar-refractivity contribution in [2.75, 3.05) is 6.61 Å². The van der Waals surface area contributed by atoms with Gasteiger partial charge in [-0.25, -0.2) is 0 Å². The highest BCUT2D eigenvalue weighted by Gasteiger charge is 2.68. The van der Waals surface area contributed by atoms with Gasteiger partial charge in [0.2, 0.25) is 0 Å². The molecule has 0 bridgehead atoms. The summed E-state index contributed by atoms with van der Waals surface area (Å²) < 4.78 is 18.4. The van der Waals surface area contributed by atoms with E-state index >= 15 is 0 Å². The maximum absolute atomic E-state index is 11.5. The smallest absolute Gasteiger partial charge is 0.188 e. The standard InChI is InChI=1S/C33H54O8/c1-17(2)8-13-33(38)18(3)26-24(41-33)15-23-21-7-6-19-14-20(9-11-31(19,4)22(21)10-12-32(23,26)5)39-30-29(37)28(36)27(35)25(16-34)40-30/h8,13,17-30,34-38H,6-7,9-12,14-16H2,1-5H3. The van der Waals surface area contributed by atoms with Gasteiger partial charge in [-0.2, -0.15) is 0 Å². The molecule has 2 aliphatic heterocycles. The first-order valence-corrected chi connectivity index (χ1v) is 16.4. The van der Waals surface area contributed by atoms with Gasteiger partial charge in [0.05, 0.1) is 18.8 Å². The van der Waals surface area contributed by atoms with Crippen LogP contribution in [0.4, 0.5) is 0 Å². The molecular formula is C33H54O8. The Kier molecular flexibility index (Phi) is 8.02. The van der Waals surface area contributed by atoms with Gasteiger partial charge in [-0.1, -0.05) is 40.7 Å². The quantitative estimate of drug-likeness (QED) is 0.248. The van der Waals surface area contributed by atoms with Crippen molar-refractivity contribution in [3.05, 3.63) is 12.2 Å². The van der Waals surface area contributed by atoms with E-state index in [4.69, 9.17) is 14.2 Å². The summed E-state index contributed by atoms with van der Waals surface area (Å²) in [5.41, 5.74) is 0.429. The lowest BCUT2D eigenvalue weighted by Crippen LogP contribution is -2.60. The van der Waals surface area contributed by atoms with E-state index in [2.05, 4.69) is 40.7 Å². The Bertz CT molecular complexity index is 986. The predicted molar refractivity (Wildman–Crippen MR) is 152 cm³/mol. The lowest BCUT2D eigenvalue weighted by atomic mass is 9.44. The molecule has 0 aromatic carbocycles. The number of rotatable bonds is 5. The minimum Gasteiger partial charge on any atom is -0.394 e. The van der Waals surface area contributed by atoms with Gasteiger partial charge in [-0.15, -0.1) is 0 Å². The van der Waals surface area contributed by atoms with Crippen LogP contribution >= 0.6 is 0 Å². The summed E-state index contributed by atoms with van der Waals surface area (Å²) in [5.74, 6) is 2.17. The van der Waals surface area contributed by atoms with Crippen LogP contribution in [-0.4, -0.2) is 80.8 Å². The van der Waals surface area contributed by atoms with Gasteiger partial charge in [0.15, 0.2) is 12.1 Å². The number of hydrogen-bond donors (Lipinski definition) is 5. The van der Waals surface area contributed by atoms with Gasteiger partial charge in [-0.3, -0.25) is 0 Å². The Morgan fingerprint density at radius 1 is 0.927 bits per heavy atom. The summed E-state index contributed by atoms with van der Waals surface area (Å²) >= 11 is 0. The molecule has 0 radical (unpaired) electrons. The zero-order valence-electron chi connectivity index (χ0n) is 25.6. The number of aliphatic hydroxyl groups is 5. The fraction of sp³-hybridized carbons (Fsp3) is 0.939. The van der Waals surface area contributed by atoms with E-state index in [1.165, 1.54) is 19.3 Å². The number of allylic oxidation sites excluding steroid dienone is 1. The lowest BCUT2D eigenvalue weighted by molar-refractivity contribution is -0.316. The predicted octanol–water partition coefficient (Wildman–Crippen LogP) is 3.38. The van der Waals surface area contributed by atoms with Gasteiger partial charge in [-0.05, 0) is 104 Å². The van der Waals surface area contributed by atoms with E-state index < -0.39 is 43.1 Å². The minimum absolute atomic E-state index is 0.0796. The number of ether oxygens (including phenoxy) is 3. The molecule has 16 unspecified atom stereocenters. The molecular weight excluding hydrogens is 524 g/mol. The molecule has 41 heavy (non-hydrogen) atoms. The first kappa shape index (κ1) is 30.4. The van der Waals surface area contributed by atoms with Gasteiger partial charge in [0, 0.05) is 5.92 Å². The first-order chi connectivity index (χ1) is 19.3. The minimum atomic E-state index is -1.41. The average Bonchev–Trinajstić information content (AvgIpc) is 3.37. The molecule has 8 nitrogen and oxygen atoms in total. The fourth-order valence-corrected chi connectivity index (χ4v) is 10.9. The molecule has 2 heterocycles. The zero-order valence-corrected chi connectivity index (χ0v) is 25.6. The van der Waals surface area contributed by atoms with E-state index in [1.54, 1.807) is 0 Å². The highest BCUT2D eigenvalue weighted by atomic mass is 16.7. The van der Waals surface area contributed by atoms with Crippen LogP contribution in [0.15, 0.2) is 12.2 Å². The fourth-order valence-electron chi connectivity index (χ4n) is 10.9. The monoisotopic (exact) mass is 578 g/mol. The van der Waals surface area contributed by atoms with E-state index in [0.29, 0.717) is 35.5 Å². The van der Waals surface area contributed by atoms with E-state index in [0.717, 1.165) is 32.1 Å². The number of hydrogen-bond acceptors (Lipinski definition) is 8. The largest absolute Gasteiger partial charge is 0.394 e. The average molecular weight is 579 g/mol. The molecule has 2 saturated heterocycles. The van der Waals surface area contributed by atoms with Crippen molar-refractivity contribution in [1.29, 1.82) is 0 Å². The van der Waals surface area contributed by atoms with E-state index in [1.807, 2.05) is 6.08 Å². The maximum Gasteiger partial charge on any atom is 0.188 e. The molecule has 4 saturated carbocycles. The van der Waals surface area contributed by atoms with Crippen molar-refractivity contribution >= 4 is 0 Å². The van der Waals surface area contributed by atoms with Crippen LogP contribution in [0.1, 0.15) is 86.0 Å². The number of aliphatic hydroxyl groups excluding tert-OH is 4. The Balaban J connectivity index is 1.13. The molecule has 6 fully saturated rings. The molecule has 6 rings (SSSR count). The number of fused-ring (bicyclic) bond motifs is 7.